The lowest BCUT2D eigenvalue weighted by molar-refractivity contribution is -0.113. The largest absolute Gasteiger partial charge is 0.492 e. The van der Waals surface area contributed by atoms with Gasteiger partial charge in [-0.15, -0.1) is 0 Å². The molecular weight excluding hydrogens is 586 g/mol. The van der Waals surface area contributed by atoms with E-state index in [9.17, 15) is 4.79 Å². The van der Waals surface area contributed by atoms with Crippen molar-refractivity contribution >= 4 is 33.5 Å². The highest BCUT2D eigenvalue weighted by molar-refractivity contribution is 9.10. The number of hydrogen-bond donors (Lipinski definition) is 2. The van der Waals surface area contributed by atoms with E-state index in [1.54, 1.807) is 4.68 Å². The lowest BCUT2D eigenvalue weighted by Gasteiger charge is -2.29. The molecule has 2 heterocycles. The molecule has 10 heteroatoms. The number of aryl methyl sites for hydroxylation is 1. The number of rotatable bonds is 10. The average molecular weight is 619 g/mol. The number of ether oxygens (including phenoxy) is 3. The summed E-state index contributed by atoms with van der Waals surface area (Å²) in [5, 5.41) is 10.7. The van der Waals surface area contributed by atoms with Gasteiger partial charge in [-0.1, -0.05) is 36.4 Å². The van der Waals surface area contributed by atoms with Crippen molar-refractivity contribution in [3.8, 4) is 17.2 Å². The van der Waals surface area contributed by atoms with Crippen LogP contribution in [-0.4, -0.2) is 33.9 Å². The minimum atomic E-state index is -0.589. The maximum absolute atomic E-state index is 13.9. The van der Waals surface area contributed by atoms with Crippen LogP contribution in [0.2, 0.25) is 0 Å². The first-order chi connectivity index (χ1) is 19.9. The van der Waals surface area contributed by atoms with Crippen LogP contribution in [0, 0.1) is 6.92 Å². The van der Waals surface area contributed by atoms with Gasteiger partial charge in [0.1, 0.15) is 24.7 Å². The number of fused-ring (bicyclic) bond motifs is 1. The van der Waals surface area contributed by atoms with Crippen LogP contribution in [0.15, 0.2) is 82.7 Å². The average Bonchev–Trinajstić information content (AvgIpc) is 3.42. The minimum absolute atomic E-state index is 0.290. The van der Waals surface area contributed by atoms with Gasteiger partial charge < -0.3 is 24.8 Å². The second-order valence-electron chi connectivity index (χ2n) is 9.46. The van der Waals surface area contributed by atoms with Crippen LogP contribution in [0.3, 0.4) is 0 Å². The molecular formula is C31H32BrN5O4. The fraction of sp³-hybridized carbons (Fsp3) is 0.258. The molecule has 3 aromatic carbocycles. The van der Waals surface area contributed by atoms with E-state index in [2.05, 4.69) is 49.6 Å². The molecule has 4 aromatic rings. The van der Waals surface area contributed by atoms with E-state index in [0.29, 0.717) is 64.4 Å². The summed E-state index contributed by atoms with van der Waals surface area (Å²) in [6.07, 6.45) is 1.46. The van der Waals surface area contributed by atoms with Crippen molar-refractivity contribution < 1.29 is 19.0 Å². The molecule has 41 heavy (non-hydrogen) atoms. The molecule has 1 amide bonds. The zero-order valence-electron chi connectivity index (χ0n) is 23.4. The lowest BCUT2D eigenvalue weighted by Crippen LogP contribution is -2.31. The molecule has 0 spiro atoms. The number of carbonyl (C=O) groups excluding carboxylic acids is 1. The van der Waals surface area contributed by atoms with Gasteiger partial charge in [-0.3, -0.25) is 4.79 Å². The van der Waals surface area contributed by atoms with Gasteiger partial charge >= 0.3 is 0 Å². The summed E-state index contributed by atoms with van der Waals surface area (Å²) in [5.41, 5.74) is 4.74. The fourth-order valence-corrected chi connectivity index (χ4v) is 5.38. The molecule has 0 aliphatic carbocycles. The molecule has 212 valence electrons. The monoisotopic (exact) mass is 617 g/mol. The van der Waals surface area contributed by atoms with E-state index in [1.165, 1.54) is 6.33 Å². The minimum Gasteiger partial charge on any atom is -0.492 e. The van der Waals surface area contributed by atoms with Gasteiger partial charge in [0.15, 0.2) is 11.5 Å². The standard InChI is InChI=1S/C31H32BrN5O4/c1-5-39-25-14-10-9-13-24(25)36-30(38)27-20(4)35-31-33-18-34-37(31)28(27)22-15-23(32)29(26(16-22)40-6-2)41-17-21-12-8-7-11-19(21)3/h7-16,18,28H,5-6,17H2,1-4H3,(H,36,38)(H,33,34,35). The van der Waals surface area contributed by atoms with Gasteiger partial charge in [0.05, 0.1) is 28.9 Å². The summed E-state index contributed by atoms with van der Waals surface area (Å²) >= 11 is 3.71. The molecule has 0 fully saturated rings. The number of hydrogen-bond acceptors (Lipinski definition) is 7. The van der Waals surface area contributed by atoms with Crippen LogP contribution in [-0.2, 0) is 11.4 Å². The van der Waals surface area contributed by atoms with Gasteiger partial charge in [0, 0.05) is 5.70 Å². The SMILES string of the molecule is CCOc1ccccc1NC(=O)C1=C(C)Nc2ncnn2C1c1cc(Br)c(OCc2ccccc2C)c(OCC)c1. The Bertz CT molecular complexity index is 1600. The summed E-state index contributed by atoms with van der Waals surface area (Å²) in [6.45, 7) is 9.04. The number of amides is 1. The Labute approximate surface area is 247 Å². The van der Waals surface area contributed by atoms with Crippen molar-refractivity contribution in [3.63, 3.8) is 0 Å². The number of benzene rings is 3. The van der Waals surface area contributed by atoms with Crippen molar-refractivity contribution in [2.45, 2.75) is 40.3 Å². The van der Waals surface area contributed by atoms with Gasteiger partial charge in [-0.25, -0.2) is 4.68 Å². The van der Waals surface area contributed by atoms with Gasteiger partial charge in [-0.05, 0) is 84.6 Å². The van der Waals surface area contributed by atoms with Crippen molar-refractivity contribution in [1.82, 2.24) is 14.8 Å². The molecule has 0 saturated carbocycles. The Balaban J connectivity index is 1.53. The Kier molecular flexibility index (Phi) is 8.58. The summed E-state index contributed by atoms with van der Waals surface area (Å²) in [4.78, 5) is 18.3. The van der Waals surface area contributed by atoms with E-state index < -0.39 is 6.04 Å². The van der Waals surface area contributed by atoms with E-state index in [0.717, 1.165) is 16.7 Å². The molecule has 2 N–H and O–H groups in total. The number of para-hydroxylation sites is 2. The van der Waals surface area contributed by atoms with E-state index in [1.807, 2.05) is 75.4 Å². The van der Waals surface area contributed by atoms with Crippen LogP contribution < -0.4 is 24.8 Å². The maximum atomic E-state index is 13.9. The summed E-state index contributed by atoms with van der Waals surface area (Å²) in [7, 11) is 0. The fourth-order valence-electron chi connectivity index (χ4n) is 4.80. The molecule has 0 saturated heterocycles. The molecule has 1 aliphatic rings. The van der Waals surface area contributed by atoms with Gasteiger partial charge in [-0.2, -0.15) is 10.1 Å². The Morgan fingerprint density at radius 1 is 1.00 bits per heavy atom. The Hall–Kier alpha value is -4.31. The summed E-state index contributed by atoms with van der Waals surface area (Å²) < 4.78 is 20.4. The normalized spacial score (nSPS) is 14.2. The number of carbonyl (C=O) groups is 1. The topological polar surface area (TPSA) is 99.5 Å². The number of nitrogens with zero attached hydrogens (tertiary/aromatic N) is 3. The zero-order chi connectivity index (χ0) is 28.9. The number of aromatic nitrogens is 3. The van der Waals surface area contributed by atoms with Gasteiger partial charge in [0.2, 0.25) is 5.95 Å². The highest BCUT2D eigenvalue weighted by Gasteiger charge is 2.35. The maximum Gasteiger partial charge on any atom is 0.255 e. The van der Waals surface area contributed by atoms with Crippen LogP contribution in [0.25, 0.3) is 0 Å². The van der Waals surface area contributed by atoms with E-state index in [4.69, 9.17) is 14.2 Å². The molecule has 5 rings (SSSR count). The summed E-state index contributed by atoms with van der Waals surface area (Å²) in [5.74, 6) is 1.99. The quantitative estimate of drug-likeness (QED) is 0.205. The molecule has 0 bridgehead atoms. The van der Waals surface area contributed by atoms with Crippen molar-refractivity contribution in [2.24, 2.45) is 0 Å². The summed E-state index contributed by atoms with van der Waals surface area (Å²) in [6, 6.07) is 18.7. The number of halogens is 1. The first-order valence-electron chi connectivity index (χ1n) is 13.4. The molecule has 1 unspecified atom stereocenters. The zero-order valence-corrected chi connectivity index (χ0v) is 25.0. The predicted octanol–water partition coefficient (Wildman–Crippen LogP) is 6.65. The third-order valence-corrected chi connectivity index (χ3v) is 7.34. The van der Waals surface area contributed by atoms with Gasteiger partial charge in [0.25, 0.3) is 5.91 Å². The highest BCUT2D eigenvalue weighted by Crippen LogP contribution is 2.43. The van der Waals surface area contributed by atoms with Crippen LogP contribution >= 0.6 is 15.9 Å². The molecule has 1 atom stereocenters. The second-order valence-corrected chi connectivity index (χ2v) is 10.3. The second kappa shape index (κ2) is 12.5. The third kappa shape index (κ3) is 5.92. The molecule has 1 aromatic heterocycles. The Morgan fingerprint density at radius 2 is 1.73 bits per heavy atom. The first-order valence-corrected chi connectivity index (χ1v) is 14.2. The van der Waals surface area contributed by atoms with Crippen LogP contribution in [0.1, 0.15) is 43.5 Å². The molecule has 9 nitrogen and oxygen atoms in total. The van der Waals surface area contributed by atoms with Crippen LogP contribution in [0.5, 0.6) is 17.2 Å². The lowest BCUT2D eigenvalue weighted by atomic mass is 9.94. The van der Waals surface area contributed by atoms with E-state index >= 15 is 0 Å². The predicted molar refractivity (Wildman–Crippen MR) is 162 cm³/mol. The van der Waals surface area contributed by atoms with E-state index in [-0.39, 0.29) is 5.91 Å². The number of nitrogens with one attached hydrogen (secondary N) is 2. The molecule has 0 radical (unpaired) electrons. The first kappa shape index (κ1) is 28.2. The van der Waals surface area contributed by atoms with Crippen molar-refractivity contribution in [1.29, 1.82) is 0 Å². The number of allylic oxidation sites excluding steroid dienone is 1. The highest BCUT2D eigenvalue weighted by atomic mass is 79.9. The smallest absolute Gasteiger partial charge is 0.255 e. The number of anilines is 2. The van der Waals surface area contributed by atoms with Crippen LogP contribution in [0.4, 0.5) is 11.6 Å². The van der Waals surface area contributed by atoms with Crippen molar-refractivity contribution in [3.05, 3.63) is 99.4 Å². The Morgan fingerprint density at radius 3 is 2.51 bits per heavy atom. The third-order valence-electron chi connectivity index (χ3n) is 6.75. The van der Waals surface area contributed by atoms with Crippen molar-refractivity contribution in [2.75, 3.05) is 23.8 Å². The molecule has 1 aliphatic heterocycles.